The molecule has 1 aromatic carbocycles. The molecule has 68 valence electrons. The molecule has 1 aliphatic rings. The Morgan fingerprint density at radius 3 is 2.46 bits per heavy atom. The summed E-state index contributed by atoms with van der Waals surface area (Å²) in [5.74, 6) is 0. The van der Waals surface area contributed by atoms with Crippen molar-refractivity contribution in [2.45, 2.75) is 6.17 Å². The van der Waals surface area contributed by atoms with E-state index in [9.17, 15) is 0 Å². The standard InChI is InChI=1S/C11H14N2/c1-2-4-10(5-3-1)6-7-11-12-8-9-13-11/h1-7,11-13H,8-9H2/b7-6+. The Labute approximate surface area is 78.7 Å². The van der Waals surface area contributed by atoms with E-state index in [1.807, 2.05) is 6.07 Å². The van der Waals surface area contributed by atoms with Gasteiger partial charge in [-0.15, -0.1) is 0 Å². The minimum atomic E-state index is 0.347. The van der Waals surface area contributed by atoms with Gasteiger partial charge in [-0.05, 0) is 5.56 Å². The van der Waals surface area contributed by atoms with Gasteiger partial charge in [0.2, 0.25) is 0 Å². The molecule has 0 atom stereocenters. The summed E-state index contributed by atoms with van der Waals surface area (Å²) < 4.78 is 0. The third-order valence-electron chi connectivity index (χ3n) is 2.13. The monoisotopic (exact) mass is 174 g/mol. The molecule has 2 rings (SSSR count). The molecule has 1 heterocycles. The van der Waals surface area contributed by atoms with E-state index < -0.39 is 0 Å². The van der Waals surface area contributed by atoms with Crippen molar-refractivity contribution in [2.75, 3.05) is 13.1 Å². The van der Waals surface area contributed by atoms with Gasteiger partial charge in [0.05, 0.1) is 6.17 Å². The number of rotatable bonds is 2. The first kappa shape index (κ1) is 8.48. The molecule has 1 fully saturated rings. The summed E-state index contributed by atoms with van der Waals surface area (Å²) >= 11 is 0. The van der Waals surface area contributed by atoms with Crippen LogP contribution in [0.15, 0.2) is 36.4 Å². The van der Waals surface area contributed by atoms with Crippen molar-refractivity contribution in [3.05, 3.63) is 42.0 Å². The predicted molar refractivity (Wildman–Crippen MR) is 55.3 cm³/mol. The molecule has 1 aromatic rings. The van der Waals surface area contributed by atoms with E-state index in [-0.39, 0.29) is 0 Å². The zero-order valence-corrected chi connectivity index (χ0v) is 7.53. The fourth-order valence-electron chi connectivity index (χ4n) is 1.44. The molecule has 0 aromatic heterocycles. The molecule has 2 N–H and O–H groups in total. The van der Waals surface area contributed by atoms with E-state index in [2.05, 4.69) is 47.1 Å². The zero-order valence-electron chi connectivity index (χ0n) is 7.53. The second kappa shape index (κ2) is 4.21. The summed E-state index contributed by atoms with van der Waals surface area (Å²) in [6, 6.07) is 10.3. The van der Waals surface area contributed by atoms with Crippen LogP contribution in [0.4, 0.5) is 0 Å². The van der Waals surface area contributed by atoms with Crippen LogP contribution in [0.25, 0.3) is 6.08 Å². The third-order valence-corrected chi connectivity index (χ3v) is 2.13. The van der Waals surface area contributed by atoms with Gasteiger partial charge in [0.1, 0.15) is 0 Å². The van der Waals surface area contributed by atoms with Crippen LogP contribution < -0.4 is 10.6 Å². The minimum absolute atomic E-state index is 0.347. The summed E-state index contributed by atoms with van der Waals surface area (Å²) in [7, 11) is 0. The molecule has 0 saturated carbocycles. The molecule has 0 bridgehead atoms. The van der Waals surface area contributed by atoms with Crippen LogP contribution in [-0.4, -0.2) is 19.3 Å². The first-order chi connectivity index (χ1) is 6.45. The van der Waals surface area contributed by atoms with E-state index in [1.165, 1.54) is 5.56 Å². The van der Waals surface area contributed by atoms with Crippen molar-refractivity contribution in [1.82, 2.24) is 10.6 Å². The lowest BCUT2D eigenvalue weighted by molar-refractivity contribution is 0.668. The lowest BCUT2D eigenvalue weighted by Crippen LogP contribution is -2.28. The summed E-state index contributed by atoms with van der Waals surface area (Å²) in [6.45, 7) is 2.12. The van der Waals surface area contributed by atoms with Crippen LogP contribution >= 0.6 is 0 Å². The van der Waals surface area contributed by atoms with Crippen LogP contribution in [0.2, 0.25) is 0 Å². The molecule has 13 heavy (non-hydrogen) atoms. The topological polar surface area (TPSA) is 24.1 Å². The normalized spacial score (nSPS) is 18.5. The Morgan fingerprint density at radius 2 is 1.77 bits per heavy atom. The maximum absolute atomic E-state index is 3.33. The van der Waals surface area contributed by atoms with E-state index in [0.717, 1.165) is 13.1 Å². The molecule has 2 heteroatoms. The van der Waals surface area contributed by atoms with Crippen LogP contribution in [0, 0.1) is 0 Å². The molecular weight excluding hydrogens is 160 g/mol. The minimum Gasteiger partial charge on any atom is -0.297 e. The zero-order chi connectivity index (χ0) is 8.93. The van der Waals surface area contributed by atoms with E-state index in [4.69, 9.17) is 0 Å². The highest BCUT2D eigenvalue weighted by Gasteiger charge is 2.07. The fourth-order valence-corrected chi connectivity index (χ4v) is 1.44. The van der Waals surface area contributed by atoms with Crippen molar-refractivity contribution in [3.8, 4) is 0 Å². The van der Waals surface area contributed by atoms with Crippen molar-refractivity contribution >= 4 is 6.08 Å². The quantitative estimate of drug-likeness (QED) is 0.704. The van der Waals surface area contributed by atoms with Crippen LogP contribution in [0.5, 0.6) is 0 Å². The first-order valence-corrected chi connectivity index (χ1v) is 4.65. The maximum Gasteiger partial charge on any atom is 0.0768 e. The van der Waals surface area contributed by atoms with Gasteiger partial charge in [0, 0.05) is 13.1 Å². The highest BCUT2D eigenvalue weighted by molar-refractivity contribution is 5.49. The third kappa shape index (κ3) is 2.41. The van der Waals surface area contributed by atoms with E-state index >= 15 is 0 Å². The molecule has 1 saturated heterocycles. The predicted octanol–water partition coefficient (Wildman–Crippen LogP) is 1.22. The molecule has 0 unspecified atom stereocenters. The molecule has 1 aliphatic heterocycles. The Hall–Kier alpha value is -1.12. The maximum atomic E-state index is 3.33. The number of hydrogen-bond donors (Lipinski definition) is 2. The molecule has 0 spiro atoms. The van der Waals surface area contributed by atoms with E-state index in [0.29, 0.717) is 6.17 Å². The van der Waals surface area contributed by atoms with Gasteiger partial charge in [-0.2, -0.15) is 0 Å². The SMILES string of the molecule is C(=C\C1NCCN1)/c1ccccc1. The van der Waals surface area contributed by atoms with Crippen molar-refractivity contribution in [3.63, 3.8) is 0 Å². The second-order valence-electron chi connectivity index (χ2n) is 3.16. The Kier molecular flexibility index (Phi) is 2.75. The Balaban J connectivity index is 1.97. The average Bonchev–Trinajstić information content (AvgIpc) is 2.69. The lowest BCUT2D eigenvalue weighted by Gasteiger charge is -2.02. The number of benzene rings is 1. The van der Waals surface area contributed by atoms with Gasteiger partial charge in [-0.3, -0.25) is 10.6 Å². The van der Waals surface area contributed by atoms with Crippen molar-refractivity contribution in [2.24, 2.45) is 0 Å². The number of nitrogens with one attached hydrogen (secondary N) is 2. The lowest BCUT2D eigenvalue weighted by atomic mass is 10.2. The smallest absolute Gasteiger partial charge is 0.0768 e. The molecule has 0 amide bonds. The molecular formula is C11H14N2. The van der Waals surface area contributed by atoms with Gasteiger partial charge < -0.3 is 0 Å². The number of hydrogen-bond acceptors (Lipinski definition) is 2. The largest absolute Gasteiger partial charge is 0.297 e. The van der Waals surface area contributed by atoms with Gasteiger partial charge in [-0.25, -0.2) is 0 Å². The molecule has 0 aliphatic carbocycles. The van der Waals surface area contributed by atoms with Crippen LogP contribution in [-0.2, 0) is 0 Å². The summed E-state index contributed by atoms with van der Waals surface area (Å²) in [5, 5.41) is 6.66. The fraction of sp³-hybridized carbons (Fsp3) is 0.273. The Morgan fingerprint density at radius 1 is 1.08 bits per heavy atom. The Bertz CT molecular complexity index is 273. The summed E-state index contributed by atoms with van der Waals surface area (Å²) in [5.41, 5.74) is 1.25. The first-order valence-electron chi connectivity index (χ1n) is 4.65. The average molecular weight is 174 g/mol. The summed E-state index contributed by atoms with van der Waals surface area (Å²) in [4.78, 5) is 0. The van der Waals surface area contributed by atoms with E-state index in [1.54, 1.807) is 0 Å². The molecule has 2 nitrogen and oxygen atoms in total. The summed E-state index contributed by atoms with van der Waals surface area (Å²) in [6.07, 6.45) is 4.64. The van der Waals surface area contributed by atoms with Crippen LogP contribution in [0.3, 0.4) is 0 Å². The van der Waals surface area contributed by atoms with Gasteiger partial charge in [0.25, 0.3) is 0 Å². The highest BCUT2D eigenvalue weighted by atomic mass is 15.2. The van der Waals surface area contributed by atoms with Gasteiger partial charge >= 0.3 is 0 Å². The van der Waals surface area contributed by atoms with Gasteiger partial charge in [-0.1, -0.05) is 42.5 Å². The van der Waals surface area contributed by atoms with Gasteiger partial charge in [0.15, 0.2) is 0 Å². The van der Waals surface area contributed by atoms with Crippen molar-refractivity contribution < 1.29 is 0 Å². The second-order valence-corrected chi connectivity index (χ2v) is 3.16. The van der Waals surface area contributed by atoms with Crippen LogP contribution in [0.1, 0.15) is 5.56 Å². The highest BCUT2D eigenvalue weighted by Crippen LogP contribution is 2.01. The molecule has 0 radical (unpaired) electrons. The van der Waals surface area contributed by atoms with Crippen molar-refractivity contribution in [1.29, 1.82) is 0 Å².